The molecule has 0 unspecified atom stereocenters. The molecule has 0 saturated heterocycles. The molecule has 3 aromatic rings. The van der Waals surface area contributed by atoms with Crippen LogP contribution in [0.1, 0.15) is 72.6 Å². The molecule has 0 aliphatic carbocycles. The zero-order valence-corrected chi connectivity index (χ0v) is 27.4. The van der Waals surface area contributed by atoms with Crippen LogP contribution in [0, 0.1) is 13.8 Å². The number of hydrogen-bond acceptors (Lipinski definition) is 6. The molecular weight excluding hydrogens is 570 g/mol. The van der Waals surface area contributed by atoms with Crippen molar-refractivity contribution in [3.05, 3.63) is 69.8 Å². The van der Waals surface area contributed by atoms with Gasteiger partial charge < -0.3 is 19.4 Å². The van der Waals surface area contributed by atoms with Gasteiger partial charge in [0.2, 0.25) is 0 Å². The summed E-state index contributed by atoms with van der Waals surface area (Å²) in [4.78, 5) is 43.7. The Labute approximate surface area is 252 Å². The maximum atomic E-state index is 12.0. The predicted octanol–water partition coefficient (Wildman–Crippen LogP) is 5.74. The van der Waals surface area contributed by atoms with Crippen LogP contribution in [-0.2, 0) is 45.0 Å². The van der Waals surface area contributed by atoms with Crippen LogP contribution in [0.3, 0.4) is 0 Å². The molecule has 0 aromatic carbocycles. The minimum Gasteiger partial charge on any atom is -0.658 e. The summed E-state index contributed by atoms with van der Waals surface area (Å²) in [6.07, 6.45) is 3.47. The van der Waals surface area contributed by atoms with Crippen LogP contribution in [0.15, 0.2) is 30.3 Å². The summed E-state index contributed by atoms with van der Waals surface area (Å²) < 4.78 is 9.80. The number of esters is 2. The number of allylic oxidation sites excluding steroid dienone is 3. The van der Waals surface area contributed by atoms with E-state index in [0.29, 0.717) is 12.8 Å². The average Bonchev–Trinajstić information content (AvgIpc) is 3.62. The normalized spacial score (nSPS) is 12.6. The third kappa shape index (κ3) is 6.25. The van der Waals surface area contributed by atoms with Gasteiger partial charge in [0, 0.05) is 12.8 Å². The first-order chi connectivity index (χ1) is 19.2. The molecular formula is C32H32N4O4Zn. The fraction of sp³-hybridized carbons (Fsp3) is 0.312. The van der Waals surface area contributed by atoms with E-state index in [1.54, 1.807) is 0 Å². The first kappa shape index (κ1) is 30.1. The van der Waals surface area contributed by atoms with Gasteiger partial charge in [0.1, 0.15) is 0 Å². The van der Waals surface area contributed by atoms with Crippen molar-refractivity contribution in [2.75, 3.05) is 14.2 Å². The molecule has 0 radical (unpaired) electrons. The molecule has 2 aliphatic rings. The monoisotopic (exact) mass is 600 g/mol. The fourth-order valence-corrected chi connectivity index (χ4v) is 5.15. The first-order valence-corrected chi connectivity index (χ1v) is 13.3. The zero-order valence-electron chi connectivity index (χ0n) is 24.4. The number of aryl methyl sites for hydroxylation is 3. The summed E-state index contributed by atoms with van der Waals surface area (Å²) in [6, 6.07) is 9.96. The number of nitrogens with zero attached hydrogens (tertiary/aromatic N) is 4. The summed E-state index contributed by atoms with van der Waals surface area (Å²) in [5, 5.41) is 0. The summed E-state index contributed by atoms with van der Waals surface area (Å²) in [5.74, 6) is -0.558. The van der Waals surface area contributed by atoms with Gasteiger partial charge in [-0.25, -0.2) is 9.97 Å². The van der Waals surface area contributed by atoms with E-state index in [-0.39, 0.29) is 44.3 Å². The van der Waals surface area contributed by atoms with Crippen LogP contribution in [-0.4, -0.2) is 36.1 Å². The quantitative estimate of drug-likeness (QED) is 0.260. The van der Waals surface area contributed by atoms with Crippen molar-refractivity contribution in [1.29, 1.82) is 0 Å². The number of methoxy groups -OCH3 is 2. The number of carbonyl (C=O) groups is 2. The van der Waals surface area contributed by atoms with Crippen LogP contribution in [0.25, 0.3) is 44.9 Å². The molecule has 0 atom stereocenters. The molecule has 0 N–H and O–H groups in total. The molecule has 0 saturated carbocycles. The Bertz CT molecular complexity index is 1760. The molecule has 0 spiro atoms. The Morgan fingerprint density at radius 3 is 2.15 bits per heavy atom. The molecule has 5 rings (SSSR count). The Morgan fingerprint density at radius 2 is 1.44 bits per heavy atom. The van der Waals surface area contributed by atoms with Crippen molar-refractivity contribution in [2.45, 2.75) is 53.4 Å². The van der Waals surface area contributed by atoms with E-state index in [0.717, 1.165) is 78.3 Å². The molecule has 206 valence electrons. The molecule has 2 aliphatic heterocycles. The Balaban J connectivity index is 0.00000387. The van der Waals surface area contributed by atoms with E-state index < -0.39 is 0 Å². The smallest absolute Gasteiger partial charge is 0.658 e. The molecule has 0 amide bonds. The molecule has 5 heterocycles. The third-order valence-electron chi connectivity index (χ3n) is 7.54. The minimum absolute atomic E-state index is 0. The summed E-state index contributed by atoms with van der Waals surface area (Å²) in [5.41, 5.74) is 12.4. The van der Waals surface area contributed by atoms with E-state index >= 15 is 0 Å². The fourth-order valence-electron chi connectivity index (χ4n) is 5.15. The number of carbonyl (C=O) groups excluding carboxylic acids is 2. The van der Waals surface area contributed by atoms with E-state index in [1.807, 2.05) is 64.1 Å². The predicted molar refractivity (Wildman–Crippen MR) is 156 cm³/mol. The van der Waals surface area contributed by atoms with Gasteiger partial charge in [0.15, 0.2) is 0 Å². The average molecular weight is 602 g/mol. The van der Waals surface area contributed by atoms with Crippen molar-refractivity contribution >= 4 is 56.8 Å². The topological polar surface area (TPSA) is 107 Å². The maximum absolute atomic E-state index is 12.0. The third-order valence-corrected chi connectivity index (χ3v) is 7.54. The molecule has 41 heavy (non-hydrogen) atoms. The van der Waals surface area contributed by atoms with Crippen LogP contribution < -0.4 is 9.97 Å². The standard InChI is InChI=1S/C32H32N4O4.Zn/c1-17-11-22-14-27-19(3)23(7-9-31(37)39-5)29(35-27)16-30-24(8-10-32(38)40-6)20(4)28(36-30)15-26-18(2)12-21(34-26)13-25(17)33-22;/h11-16H,7-10H2,1-6H3;/q-2;+2. The van der Waals surface area contributed by atoms with Gasteiger partial charge in [0.25, 0.3) is 0 Å². The molecule has 0 fully saturated rings. The summed E-state index contributed by atoms with van der Waals surface area (Å²) in [6.45, 7) is 8.10. The Morgan fingerprint density at radius 1 is 0.756 bits per heavy atom. The van der Waals surface area contributed by atoms with E-state index in [2.05, 4.69) is 0 Å². The maximum Gasteiger partial charge on any atom is 2.00 e. The van der Waals surface area contributed by atoms with E-state index in [4.69, 9.17) is 29.4 Å². The van der Waals surface area contributed by atoms with Gasteiger partial charge in [-0.3, -0.25) is 9.59 Å². The van der Waals surface area contributed by atoms with Gasteiger partial charge >= 0.3 is 31.4 Å². The second-order valence-corrected chi connectivity index (χ2v) is 10.2. The first-order valence-electron chi connectivity index (χ1n) is 13.3. The van der Waals surface area contributed by atoms with Gasteiger partial charge in [-0.1, -0.05) is 47.0 Å². The summed E-state index contributed by atoms with van der Waals surface area (Å²) in [7, 11) is 2.79. The second kappa shape index (κ2) is 12.4. The number of fused-ring (bicyclic) bond motifs is 8. The minimum atomic E-state index is -0.279. The van der Waals surface area contributed by atoms with Crippen molar-refractivity contribution in [3.63, 3.8) is 0 Å². The van der Waals surface area contributed by atoms with Crippen molar-refractivity contribution in [1.82, 2.24) is 19.9 Å². The van der Waals surface area contributed by atoms with Gasteiger partial charge in [-0.15, -0.1) is 22.1 Å². The number of hydrogen-bond donors (Lipinski definition) is 0. The van der Waals surface area contributed by atoms with Crippen LogP contribution in [0.4, 0.5) is 0 Å². The number of ether oxygens (including phenoxy) is 2. The molecule has 8 bridgehead atoms. The van der Waals surface area contributed by atoms with Crippen molar-refractivity contribution in [3.8, 4) is 0 Å². The van der Waals surface area contributed by atoms with E-state index in [1.165, 1.54) is 14.2 Å². The van der Waals surface area contributed by atoms with E-state index in [9.17, 15) is 9.59 Å². The van der Waals surface area contributed by atoms with Gasteiger partial charge in [-0.2, -0.15) is 0 Å². The molecule has 9 heteroatoms. The second-order valence-electron chi connectivity index (χ2n) is 10.2. The molecule has 3 aromatic heterocycles. The zero-order chi connectivity index (χ0) is 28.6. The Hall–Kier alpha value is -3.84. The van der Waals surface area contributed by atoms with Gasteiger partial charge in [0.05, 0.1) is 37.0 Å². The summed E-state index contributed by atoms with van der Waals surface area (Å²) >= 11 is 0. The Kier molecular flexibility index (Phi) is 9.08. The van der Waals surface area contributed by atoms with Crippen LogP contribution in [0.2, 0.25) is 0 Å². The SMILES string of the molecule is COC(=O)CCC1=C(C)c2cc3[n-]c(cc4nc(cc5[n-]c(cc1n2)c(CCC(=O)OC)c5C)C=C4C)cc3C.[Zn+2]. The van der Waals surface area contributed by atoms with Gasteiger partial charge in [-0.05, 0) is 63.3 Å². The van der Waals surface area contributed by atoms with Crippen molar-refractivity contribution < 1.29 is 38.5 Å². The molecule has 8 nitrogen and oxygen atoms in total. The van der Waals surface area contributed by atoms with Crippen molar-refractivity contribution in [2.24, 2.45) is 0 Å². The number of rotatable bonds is 6. The van der Waals surface area contributed by atoms with Crippen LogP contribution >= 0.6 is 0 Å². The van der Waals surface area contributed by atoms with Crippen LogP contribution in [0.5, 0.6) is 0 Å². The largest absolute Gasteiger partial charge is 2.00 e. The number of aromatic nitrogens is 4.